The molecule has 0 aliphatic carbocycles. The highest BCUT2D eigenvalue weighted by Crippen LogP contribution is 2.30. The molecule has 3 heteroatoms. The third-order valence-corrected chi connectivity index (χ3v) is 4.92. The molecule has 1 saturated heterocycles. The minimum atomic E-state index is 0.0318. The second-order valence-electron chi connectivity index (χ2n) is 5.98. The Hall–Kier alpha value is -0.910. The third kappa shape index (κ3) is 4.09. The smallest absolute Gasteiger partial charge is 0.108 e. The topological polar surface area (TPSA) is 12.5 Å². The van der Waals surface area contributed by atoms with E-state index in [2.05, 4.69) is 89.1 Å². The average Bonchev–Trinajstić information content (AvgIpc) is 2.55. The van der Waals surface area contributed by atoms with Crippen molar-refractivity contribution in [2.24, 2.45) is 0 Å². The van der Waals surface area contributed by atoms with Gasteiger partial charge < -0.3 is 9.64 Å². The van der Waals surface area contributed by atoms with Crippen LogP contribution in [0.4, 0.5) is 0 Å². The summed E-state index contributed by atoms with van der Waals surface area (Å²) in [4.78, 5) is 2.38. The molecule has 1 heterocycles. The molecule has 0 saturated carbocycles. The van der Waals surface area contributed by atoms with E-state index in [1.165, 1.54) is 14.7 Å². The molecule has 22 heavy (non-hydrogen) atoms. The van der Waals surface area contributed by atoms with Crippen LogP contribution in [-0.4, -0.2) is 31.1 Å². The average molecular weight is 407 g/mol. The Morgan fingerprint density at radius 2 is 1.68 bits per heavy atom. The van der Waals surface area contributed by atoms with E-state index in [-0.39, 0.29) is 6.10 Å². The Labute approximate surface area is 146 Å². The predicted molar refractivity (Wildman–Crippen MR) is 99.0 cm³/mol. The van der Waals surface area contributed by atoms with Crippen molar-refractivity contribution in [2.75, 3.05) is 20.1 Å². The van der Waals surface area contributed by atoms with Crippen molar-refractivity contribution in [2.45, 2.75) is 25.0 Å². The molecule has 1 aliphatic rings. The molecule has 0 bridgehead atoms. The van der Waals surface area contributed by atoms with Crippen molar-refractivity contribution in [1.82, 2.24) is 4.90 Å². The van der Waals surface area contributed by atoms with Crippen molar-refractivity contribution >= 4 is 22.6 Å². The van der Waals surface area contributed by atoms with Gasteiger partial charge in [-0.15, -0.1) is 0 Å². The standard InChI is InChI=1S/C19H22INO/c1-21-12-10-18(11-13-21)22-19(15-6-3-2-4-7-15)16-8-5-9-17(20)14-16/h2-9,14,18-19H,10-13H2,1H3. The number of nitrogens with zero attached hydrogens (tertiary/aromatic N) is 1. The van der Waals surface area contributed by atoms with Crippen molar-refractivity contribution in [3.63, 3.8) is 0 Å². The van der Waals surface area contributed by atoms with Crippen LogP contribution < -0.4 is 0 Å². The number of benzene rings is 2. The van der Waals surface area contributed by atoms with Gasteiger partial charge in [-0.05, 0) is 65.7 Å². The molecule has 3 rings (SSSR count). The zero-order valence-electron chi connectivity index (χ0n) is 12.9. The van der Waals surface area contributed by atoms with Crippen LogP contribution in [0.5, 0.6) is 0 Å². The van der Waals surface area contributed by atoms with E-state index in [1.54, 1.807) is 0 Å². The molecule has 0 aromatic heterocycles. The monoisotopic (exact) mass is 407 g/mol. The summed E-state index contributed by atoms with van der Waals surface area (Å²) >= 11 is 2.37. The van der Waals surface area contributed by atoms with E-state index in [1.807, 2.05) is 0 Å². The third-order valence-electron chi connectivity index (χ3n) is 4.25. The van der Waals surface area contributed by atoms with Crippen LogP contribution in [0.3, 0.4) is 0 Å². The van der Waals surface area contributed by atoms with Crippen molar-refractivity contribution < 1.29 is 4.74 Å². The number of halogens is 1. The largest absolute Gasteiger partial charge is 0.365 e. The molecule has 0 N–H and O–H groups in total. The SMILES string of the molecule is CN1CCC(OC(c2ccccc2)c2cccc(I)c2)CC1. The fourth-order valence-corrected chi connectivity index (χ4v) is 3.53. The first-order chi connectivity index (χ1) is 10.7. The lowest BCUT2D eigenvalue weighted by Gasteiger charge is -2.32. The van der Waals surface area contributed by atoms with E-state index in [0.717, 1.165) is 25.9 Å². The highest BCUT2D eigenvalue weighted by Gasteiger charge is 2.23. The molecule has 0 radical (unpaired) electrons. The number of likely N-dealkylation sites (tertiary alicyclic amines) is 1. The minimum Gasteiger partial charge on any atom is -0.365 e. The van der Waals surface area contributed by atoms with Crippen molar-refractivity contribution in [3.05, 3.63) is 69.3 Å². The van der Waals surface area contributed by atoms with Gasteiger partial charge in [-0.2, -0.15) is 0 Å². The first kappa shape index (κ1) is 16.0. The van der Waals surface area contributed by atoms with Crippen LogP contribution in [0.15, 0.2) is 54.6 Å². The van der Waals surface area contributed by atoms with Crippen LogP contribution in [0.25, 0.3) is 0 Å². The number of ether oxygens (including phenoxy) is 1. The van der Waals surface area contributed by atoms with Gasteiger partial charge in [0.1, 0.15) is 6.10 Å². The second kappa shape index (κ2) is 7.57. The molecule has 116 valence electrons. The summed E-state index contributed by atoms with van der Waals surface area (Å²) in [5.41, 5.74) is 2.49. The maximum Gasteiger partial charge on any atom is 0.108 e. The predicted octanol–water partition coefficient (Wildman–Crippen LogP) is 4.49. The van der Waals surface area contributed by atoms with Gasteiger partial charge in [-0.3, -0.25) is 0 Å². The Morgan fingerprint density at radius 1 is 1.00 bits per heavy atom. The summed E-state index contributed by atoms with van der Waals surface area (Å²) in [6.45, 7) is 2.25. The quantitative estimate of drug-likeness (QED) is 0.693. The minimum absolute atomic E-state index is 0.0318. The lowest BCUT2D eigenvalue weighted by atomic mass is 10.00. The molecule has 2 aromatic rings. The highest BCUT2D eigenvalue weighted by molar-refractivity contribution is 14.1. The lowest BCUT2D eigenvalue weighted by Crippen LogP contribution is -2.35. The van der Waals surface area contributed by atoms with Crippen LogP contribution >= 0.6 is 22.6 Å². The lowest BCUT2D eigenvalue weighted by molar-refractivity contribution is -0.0234. The summed E-state index contributed by atoms with van der Waals surface area (Å²) in [6.07, 6.45) is 2.61. The van der Waals surface area contributed by atoms with Crippen LogP contribution in [0.2, 0.25) is 0 Å². The summed E-state index contributed by atoms with van der Waals surface area (Å²) in [6, 6.07) is 19.2. The van der Waals surface area contributed by atoms with Gasteiger partial charge >= 0.3 is 0 Å². The van der Waals surface area contributed by atoms with E-state index in [0.29, 0.717) is 6.10 Å². The van der Waals surface area contributed by atoms with Crippen LogP contribution in [-0.2, 0) is 4.74 Å². The van der Waals surface area contributed by atoms with E-state index >= 15 is 0 Å². The Kier molecular flexibility index (Phi) is 5.50. The van der Waals surface area contributed by atoms with Gasteiger partial charge in [-0.25, -0.2) is 0 Å². The second-order valence-corrected chi connectivity index (χ2v) is 7.23. The summed E-state index contributed by atoms with van der Waals surface area (Å²) in [5.74, 6) is 0. The molecular weight excluding hydrogens is 385 g/mol. The van der Waals surface area contributed by atoms with Crippen LogP contribution in [0, 0.1) is 3.57 Å². The van der Waals surface area contributed by atoms with Crippen molar-refractivity contribution in [1.29, 1.82) is 0 Å². The zero-order chi connectivity index (χ0) is 15.4. The maximum atomic E-state index is 6.54. The van der Waals surface area contributed by atoms with E-state index < -0.39 is 0 Å². The first-order valence-corrected chi connectivity index (χ1v) is 8.94. The maximum absolute atomic E-state index is 6.54. The number of hydrogen-bond acceptors (Lipinski definition) is 2. The summed E-state index contributed by atoms with van der Waals surface area (Å²) in [7, 11) is 2.18. The molecule has 1 unspecified atom stereocenters. The molecule has 1 aliphatic heterocycles. The molecule has 0 amide bonds. The summed E-state index contributed by atoms with van der Waals surface area (Å²) in [5, 5.41) is 0. The number of hydrogen-bond donors (Lipinski definition) is 0. The van der Waals surface area contributed by atoms with Gasteiger partial charge in [0.15, 0.2) is 0 Å². The fourth-order valence-electron chi connectivity index (χ4n) is 2.96. The molecule has 1 atom stereocenters. The summed E-state index contributed by atoms with van der Waals surface area (Å²) < 4.78 is 7.79. The fraction of sp³-hybridized carbons (Fsp3) is 0.368. The van der Waals surface area contributed by atoms with Gasteiger partial charge in [0.2, 0.25) is 0 Å². The van der Waals surface area contributed by atoms with Gasteiger partial charge in [-0.1, -0.05) is 42.5 Å². The van der Waals surface area contributed by atoms with Gasteiger partial charge in [0.05, 0.1) is 6.10 Å². The molecule has 0 spiro atoms. The number of rotatable bonds is 4. The zero-order valence-corrected chi connectivity index (χ0v) is 15.1. The number of piperidine rings is 1. The van der Waals surface area contributed by atoms with Gasteiger partial charge in [0.25, 0.3) is 0 Å². The van der Waals surface area contributed by atoms with Crippen LogP contribution in [0.1, 0.15) is 30.1 Å². The van der Waals surface area contributed by atoms with Gasteiger partial charge in [0, 0.05) is 16.7 Å². The van der Waals surface area contributed by atoms with E-state index in [4.69, 9.17) is 4.74 Å². The highest BCUT2D eigenvalue weighted by atomic mass is 127. The molecule has 2 aromatic carbocycles. The molecule has 1 fully saturated rings. The Bertz CT molecular complexity index is 593. The van der Waals surface area contributed by atoms with E-state index in [9.17, 15) is 0 Å². The Balaban J connectivity index is 1.83. The van der Waals surface area contributed by atoms with Crippen molar-refractivity contribution in [3.8, 4) is 0 Å². The Morgan fingerprint density at radius 3 is 2.36 bits per heavy atom. The normalized spacial score (nSPS) is 18.3. The first-order valence-electron chi connectivity index (χ1n) is 7.87. The molecule has 2 nitrogen and oxygen atoms in total. The molecular formula is C19H22INO.